The zero-order chi connectivity index (χ0) is 14.5. The zero-order valence-electron chi connectivity index (χ0n) is 12.5. The van der Waals surface area contributed by atoms with E-state index < -0.39 is 0 Å². The summed E-state index contributed by atoms with van der Waals surface area (Å²) in [4.78, 5) is 12.6. The van der Waals surface area contributed by atoms with Crippen LogP contribution in [0.15, 0.2) is 10.9 Å². The lowest BCUT2D eigenvalue weighted by Crippen LogP contribution is -2.21. The highest BCUT2D eigenvalue weighted by Gasteiger charge is 2.13. The van der Waals surface area contributed by atoms with Crippen LogP contribution in [0.5, 0.6) is 0 Å². The summed E-state index contributed by atoms with van der Waals surface area (Å²) in [6.45, 7) is 8.22. The lowest BCUT2D eigenvalue weighted by atomic mass is 10.3. The summed E-state index contributed by atoms with van der Waals surface area (Å²) in [5, 5.41) is 6.64. The number of thiazole rings is 2. The summed E-state index contributed by atoms with van der Waals surface area (Å²) < 4.78 is 0. The largest absolute Gasteiger partial charge is 0.345 e. The first-order chi connectivity index (χ1) is 9.60. The molecule has 0 fully saturated rings. The van der Waals surface area contributed by atoms with Gasteiger partial charge in [0.25, 0.3) is 0 Å². The third-order valence-corrected chi connectivity index (χ3v) is 4.83. The number of nitrogens with one attached hydrogen (secondary N) is 1. The molecule has 0 aliphatic carbocycles. The minimum atomic E-state index is 0.498. The lowest BCUT2D eigenvalue weighted by molar-refractivity contribution is 0.590. The molecule has 0 bridgehead atoms. The highest BCUT2D eigenvalue weighted by molar-refractivity contribution is 7.15. The number of rotatable bonds is 7. The number of hydrogen-bond acceptors (Lipinski definition) is 6. The van der Waals surface area contributed by atoms with Crippen molar-refractivity contribution in [3.63, 3.8) is 0 Å². The molecular formula is C14H22N4S2. The summed E-state index contributed by atoms with van der Waals surface area (Å²) in [6, 6.07) is 0.498. The Balaban J connectivity index is 2.07. The second-order valence-electron chi connectivity index (χ2n) is 5.09. The number of nitrogens with zero attached hydrogens (tertiary/aromatic N) is 3. The van der Waals surface area contributed by atoms with Gasteiger partial charge in [0.1, 0.15) is 0 Å². The molecule has 0 spiro atoms. The second-order valence-corrected chi connectivity index (χ2v) is 6.87. The van der Waals surface area contributed by atoms with E-state index in [9.17, 15) is 0 Å². The lowest BCUT2D eigenvalue weighted by Gasteiger charge is -2.13. The van der Waals surface area contributed by atoms with Gasteiger partial charge in [0.05, 0.1) is 23.4 Å². The van der Waals surface area contributed by atoms with E-state index >= 15 is 0 Å². The van der Waals surface area contributed by atoms with Crippen LogP contribution in [-0.4, -0.2) is 23.1 Å². The zero-order valence-corrected chi connectivity index (χ0v) is 14.1. The van der Waals surface area contributed by atoms with Gasteiger partial charge in [0.2, 0.25) is 0 Å². The Bertz CT molecular complexity index is 519. The predicted octanol–water partition coefficient (Wildman–Crippen LogP) is 3.30. The molecule has 20 heavy (non-hydrogen) atoms. The molecule has 0 atom stereocenters. The van der Waals surface area contributed by atoms with Gasteiger partial charge in [-0.25, -0.2) is 9.97 Å². The highest BCUT2D eigenvalue weighted by Crippen LogP contribution is 2.27. The Morgan fingerprint density at radius 1 is 1.40 bits per heavy atom. The van der Waals surface area contributed by atoms with Crippen molar-refractivity contribution < 1.29 is 0 Å². The third-order valence-electron chi connectivity index (χ3n) is 2.98. The van der Waals surface area contributed by atoms with Gasteiger partial charge in [-0.1, -0.05) is 20.8 Å². The number of anilines is 1. The van der Waals surface area contributed by atoms with Gasteiger partial charge in [-0.15, -0.1) is 22.7 Å². The summed E-state index contributed by atoms with van der Waals surface area (Å²) in [7, 11) is 2.08. The van der Waals surface area contributed by atoms with Crippen molar-refractivity contribution in [2.24, 2.45) is 0 Å². The van der Waals surface area contributed by atoms with Gasteiger partial charge in [0.15, 0.2) is 5.13 Å². The van der Waals surface area contributed by atoms with E-state index in [0.717, 1.165) is 30.3 Å². The van der Waals surface area contributed by atoms with Crippen molar-refractivity contribution in [2.45, 2.75) is 46.3 Å². The molecule has 0 aliphatic heterocycles. The molecule has 0 amide bonds. The second kappa shape index (κ2) is 7.15. The topological polar surface area (TPSA) is 41.1 Å². The first-order valence-electron chi connectivity index (χ1n) is 6.90. The summed E-state index contributed by atoms with van der Waals surface area (Å²) in [5.41, 5.74) is 4.19. The Labute approximate surface area is 128 Å². The SMILES string of the molecule is CCc1nc(N(C)Cc2cscn2)sc1CNC(C)C. The fourth-order valence-electron chi connectivity index (χ4n) is 1.87. The van der Waals surface area contributed by atoms with Gasteiger partial charge in [-0.3, -0.25) is 0 Å². The standard InChI is InChI=1S/C14H22N4S2/c1-5-12-13(6-15-10(2)3)20-14(17-12)18(4)7-11-8-19-9-16-11/h8-10,15H,5-7H2,1-4H3. The predicted molar refractivity (Wildman–Crippen MR) is 87.7 cm³/mol. The van der Waals surface area contributed by atoms with E-state index in [2.05, 4.69) is 48.4 Å². The molecule has 2 rings (SSSR count). The van der Waals surface area contributed by atoms with E-state index in [0.29, 0.717) is 6.04 Å². The molecule has 2 aromatic heterocycles. The third kappa shape index (κ3) is 4.01. The van der Waals surface area contributed by atoms with E-state index in [1.165, 1.54) is 10.6 Å². The molecule has 0 radical (unpaired) electrons. The highest BCUT2D eigenvalue weighted by atomic mass is 32.1. The molecule has 2 heterocycles. The average Bonchev–Trinajstić information content (AvgIpc) is 3.04. The molecular weight excluding hydrogens is 288 g/mol. The van der Waals surface area contributed by atoms with Crippen molar-refractivity contribution in [2.75, 3.05) is 11.9 Å². The Morgan fingerprint density at radius 2 is 2.20 bits per heavy atom. The van der Waals surface area contributed by atoms with Crippen molar-refractivity contribution in [1.29, 1.82) is 0 Å². The summed E-state index contributed by atoms with van der Waals surface area (Å²) in [6.07, 6.45) is 0.982. The van der Waals surface area contributed by atoms with Crippen LogP contribution in [0.3, 0.4) is 0 Å². The number of hydrogen-bond donors (Lipinski definition) is 1. The Hall–Kier alpha value is -0.980. The maximum Gasteiger partial charge on any atom is 0.185 e. The van der Waals surface area contributed by atoms with Crippen LogP contribution in [0.2, 0.25) is 0 Å². The molecule has 0 saturated heterocycles. The van der Waals surface area contributed by atoms with Gasteiger partial charge in [-0.2, -0.15) is 0 Å². The first-order valence-corrected chi connectivity index (χ1v) is 8.66. The van der Waals surface area contributed by atoms with Crippen molar-refractivity contribution in [1.82, 2.24) is 15.3 Å². The first kappa shape index (κ1) is 15.4. The fourth-order valence-corrected chi connectivity index (χ4v) is 3.48. The van der Waals surface area contributed by atoms with Gasteiger partial charge >= 0.3 is 0 Å². The monoisotopic (exact) mass is 310 g/mol. The molecule has 2 aromatic rings. The van der Waals surface area contributed by atoms with Crippen LogP contribution in [-0.2, 0) is 19.5 Å². The van der Waals surface area contributed by atoms with Crippen molar-refractivity contribution >= 4 is 27.8 Å². The fraction of sp³-hybridized carbons (Fsp3) is 0.571. The molecule has 0 saturated carbocycles. The van der Waals surface area contributed by atoms with E-state index in [-0.39, 0.29) is 0 Å². The molecule has 0 aromatic carbocycles. The van der Waals surface area contributed by atoms with Crippen LogP contribution < -0.4 is 10.2 Å². The van der Waals surface area contributed by atoms with Crippen molar-refractivity contribution in [3.05, 3.63) is 27.2 Å². The van der Waals surface area contributed by atoms with E-state index in [1.54, 1.807) is 22.7 Å². The average molecular weight is 310 g/mol. The van der Waals surface area contributed by atoms with E-state index in [4.69, 9.17) is 4.98 Å². The van der Waals surface area contributed by atoms with Gasteiger partial charge < -0.3 is 10.2 Å². The quantitative estimate of drug-likeness (QED) is 0.852. The van der Waals surface area contributed by atoms with Crippen LogP contribution >= 0.6 is 22.7 Å². The van der Waals surface area contributed by atoms with Crippen LogP contribution in [0, 0.1) is 0 Å². The van der Waals surface area contributed by atoms with Gasteiger partial charge in [-0.05, 0) is 6.42 Å². The molecule has 110 valence electrons. The van der Waals surface area contributed by atoms with Crippen LogP contribution in [0.4, 0.5) is 5.13 Å². The van der Waals surface area contributed by atoms with Gasteiger partial charge in [0, 0.05) is 29.9 Å². The Morgan fingerprint density at radius 3 is 2.80 bits per heavy atom. The van der Waals surface area contributed by atoms with Crippen LogP contribution in [0.1, 0.15) is 37.0 Å². The van der Waals surface area contributed by atoms with Crippen LogP contribution in [0.25, 0.3) is 0 Å². The van der Waals surface area contributed by atoms with Crippen molar-refractivity contribution in [3.8, 4) is 0 Å². The smallest absolute Gasteiger partial charge is 0.185 e. The molecule has 1 N–H and O–H groups in total. The maximum atomic E-state index is 4.77. The molecule has 0 aliphatic rings. The normalized spacial score (nSPS) is 11.2. The number of aromatic nitrogens is 2. The minimum absolute atomic E-state index is 0.498. The molecule has 4 nitrogen and oxygen atoms in total. The van der Waals surface area contributed by atoms with E-state index in [1.807, 2.05) is 5.51 Å². The minimum Gasteiger partial charge on any atom is -0.345 e. The molecule has 0 unspecified atom stereocenters. The summed E-state index contributed by atoms with van der Waals surface area (Å²) >= 11 is 3.42. The number of aryl methyl sites for hydroxylation is 1. The maximum absolute atomic E-state index is 4.77. The summed E-state index contributed by atoms with van der Waals surface area (Å²) in [5.74, 6) is 0. The molecule has 6 heteroatoms. The Kier molecular flexibility index (Phi) is 5.51.